The first kappa shape index (κ1) is 27.8. The third-order valence-electron chi connectivity index (χ3n) is 6.91. The minimum absolute atomic E-state index is 0.743. The van der Waals surface area contributed by atoms with Crippen LogP contribution in [0.25, 0.3) is 16.8 Å². The number of rotatable bonds is 8. The van der Waals surface area contributed by atoms with Crippen LogP contribution in [0.3, 0.4) is 0 Å². The van der Waals surface area contributed by atoms with Crippen LogP contribution < -0.4 is 9.53 Å². The van der Waals surface area contributed by atoms with Crippen molar-refractivity contribution in [1.29, 1.82) is 0 Å². The number of hydrogen-bond acceptors (Lipinski definition) is 4. The summed E-state index contributed by atoms with van der Waals surface area (Å²) in [4.78, 5) is 12.5. The minimum Gasteiger partial charge on any atom is -0.839 e. The number of ether oxygens (including phenoxy) is 1. The van der Waals surface area contributed by atoms with E-state index < -0.39 is 31.0 Å². The zero-order valence-electron chi connectivity index (χ0n) is 23.7. The molecule has 5 rings (SSSR count). The molecule has 7 heteroatoms. The highest BCUT2D eigenvalue weighted by molar-refractivity contribution is 6.85. The van der Waals surface area contributed by atoms with Gasteiger partial charge in [0.25, 0.3) is 0 Å². The predicted octanol–water partition coefficient (Wildman–Crippen LogP) is 7.27. The van der Waals surface area contributed by atoms with Crippen molar-refractivity contribution >= 4 is 42.3 Å². The van der Waals surface area contributed by atoms with Gasteiger partial charge >= 0.3 is 8.56 Å². The highest BCUT2D eigenvalue weighted by Gasteiger charge is 2.40. The Morgan fingerprint density at radius 2 is 1.31 bits per heavy atom. The van der Waals surface area contributed by atoms with Crippen molar-refractivity contribution in [2.75, 3.05) is 0 Å². The first-order valence-electron chi connectivity index (χ1n) is 13.5. The summed E-state index contributed by atoms with van der Waals surface area (Å²) in [6.45, 7) is 11.8. The van der Waals surface area contributed by atoms with Crippen molar-refractivity contribution in [2.24, 2.45) is 0 Å². The Morgan fingerprint density at radius 1 is 0.744 bits per heavy atom. The van der Waals surface area contributed by atoms with Gasteiger partial charge in [0.2, 0.25) is 0 Å². The maximum absolute atomic E-state index is 12.5. The largest absolute Gasteiger partial charge is 0.839 e. The van der Waals surface area contributed by atoms with E-state index in [9.17, 15) is 4.80 Å². The molecule has 4 aromatic rings. The molecule has 39 heavy (non-hydrogen) atoms. The predicted molar refractivity (Wildman–Crippen MR) is 166 cm³/mol. The van der Waals surface area contributed by atoms with Crippen molar-refractivity contribution in [1.82, 2.24) is 0 Å². The Labute approximate surface area is 235 Å². The average molecular weight is 570 g/mol. The first-order valence-corrected chi connectivity index (χ1v) is 22.3. The molecule has 4 nitrogen and oxygen atoms in total. The first-order chi connectivity index (χ1) is 18.4. The molecular weight excluding hydrogens is 533 g/mol. The molecular formula is C32H37O4Si3-. The van der Waals surface area contributed by atoms with Gasteiger partial charge in [-0.05, 0) is 49.3 Å². The second-order valence-corrected chi connectivity index (χ2v) is 22.9. The molecule has 0 atom stereocenters. The van der Waals surface area contributed by atoms with Gasteiger partial charge in [-0.15, -0.1) is 0 Å². The van der Waals surface area contributed by atoms with Crippen LogP contribution in [0.5, 0.6) is 5.75 Å². The van der Waals surface area contributed by atoms with E-state index in [1.54, 1.807) is 13.1 Å². The summed E-state index contributed by atoms with van der Waals surface area (Å²) in [5, 5.41) is 2.23. The van der Waals surface area contributed by atoms with E-state index in [-0.39, 0.29) is 0 Å². The van der Waals surface area contributed by atoms with E-state index in [4.69, 9.17) is 13.0 Å². The lowest BCUT2D eigenvalue weighted by Crippen LogP contribution is -2.58. The third kappa shape index (κ3) is 6.04. The Morgan fingerprint density at radius 3 is 1.90 bits per heavy atom. The summed E-state index contributed by atoms with van der Waals surface area (Å²) < 4.78 is 19.9. The Kier molecular flexibility index (Phi) is 7.34. The molecule has 0 aromatic heterocycles. The summed E-state index contributed by atoms with van der Waals surface area (Å²) in [7, 11) is -7.77. The van der Waals surface area contributed by atoms with Gasteiger partial charge in [-0.3, -0.25) is 0 Å². The molecule has 0 saturated carbocycles. The zero-order chi connectivity index (χ0) is 27.9. The van der Waals surface area contributed by atoms with E-state index in [1.807, 2.05) is 25.2 Å². The molecule has 0 saturated heterocycles. The fourth-order valence-electron chi connectivity index (χ4n) is 5.84. The lowest BCUT2D eigenvalue weighted by atomic mass is 9.83. The second kappa shape index (κ2) is 10.3. The van der Waals surface area contributed by atoms with Crippen LogP contribution in [0.2, 0.25) is 39.3 Å². The Hall–Kier alpha value is -2.79. The van der Waals surface area contributed by atoms with Gasteiger partial charge in [-0.2, -0.15) is 0 Å². The summed E-state index contributed by atoms with van der Waals surface area (Å²) in [6, 6.07) is 32.3. The monoisotopic (exact) mass is 569 g/mol. The topological polar surface area (TPSA) is 50.8 Å². The lowest BCUT2D eigenvalue weighted by Gasteiger charge is -2.42. The van der Waals surface area contributed by atoms with Crippen LogP contribution in [0.1, 0.15) is 22.3 Å². The quantitative estimate of drug-likeness (QED) is 0.209. The summed E-state index contributed by atoms with van der Waals surface area (Å²) in [5.74, 6) is 0.893. The van der Waals surface area contributed by atoms with E-state index in [0.29, 0.717) is 0 Å². The van der Waals surface area contributed by atoms with Gasteiger partial charge in [0.15, 0.2) is 13.9 Å². The molecule has 0 spiro atoms. The maximum Gasteiger partial charge on any atom is 0.310 e. The molecule has 0 N–H and O–H groups in total. The van der Waals surface area contributed by atoms with Crippen LogP contribution in [0.15, 0.2) is 97.1 Å². The molecule has 0 fully saturated rings. The summed E-state index contributed by atoms with van der Waals surface area (Å²) in [6.07, 6.45) is 4.43. The van der Waals surface area contributed by atoms with Crippen LogP contribution in [0.4, 0.5) is 0 Å². The Balaban J connectivity index is 1.61. The van der Waals surface area contributed by atoms with Gasteiger partial charge in [0, 0.05) is 22.1 Å². The minimum atomic E-state index is -2.95. The molecule has 202 valence electrons. The van der Waals surface area contributed by atoms with Gasteiger partial charge in [-0.25, -0.2) is 0 Å². The zero-order valence-corrected chi connectivity index (χ0v) is 26.7. The van der Waals surface area contributed by atoms with Gasteiger partial charge in [-0.1, -0.05) is 110 Å². The molecule has 0 amide bonds. The van der Waals surface area contributed by atoms with Crippen molar-refractivity contribution < 1.29 is 17.8 Å². The van der Waals surface area contributed by atoms with Crippen molar-refractivity contribution in [3.05, 3.63) is 119 Å². The highest BCUT2D eigenvalue weighted by Crippen LogP contribution is 2.46. The second-order valence-electron chi connectivity index (χ2n) is 11.8. The van der Waals surface area contributed by atoms with E-state index in [0.717, 1.165) is 39.3 Å². The Bertz CT molecular complexity index is 1450. The smallest absolute Gasteiger partial charge is 0.310 e. The number of hydrogen-bond donors (Lipinski definition) is 0. The van der Waals surface area contributed by atoms with Crippen molar-refractivity contribution in [2.45, 2.75) is 50.9 Å². The van der Waals surface area contributed by atoms with Crippen LogP contribution in [-0.4, -0.2) is 25.4 Å². The average Bonchev–Trinajstić information content (AvgIpc) is 2.87. The lowest BCUT2D eigenvalue weighted by molar-refractivity contribution is -0.228. The van der Waals surface area contributed by atoms with Crippen molar-refractivity contribution in [3.63, 3.8) is 0 Å². The number of benzene rings is 4. The molecule has 1 heterocycles. The summed E-state index contributed by atoms with van der Waals surface area (Å²) >= 11 is 0. The van der Waals surface area contributed by atoms with Crippen LogP contribution >= 0.6 is 0 Å². The third-order valence-corrected chi connectivity index (χ3v) is 16.3. The van der Waals surface area contributed by atoms with Gasteiger partial charge < -0.3 is 17.8 Å². The maximum atomic E-state index is 12.5. The molecule has 1 aliphatic heterocycles. The molecule has 0 radical (unpaired) electrons. The van der Waals surface area contributed by atoms with E-state index in [2.05, 4.69) is 104 Å². The fraction of sp³-hybridized carbons (Fsp3) is 0.250. The molecule has 4 aromatic carbocycles. The van der Waals surface area contributed by atoms with Gasteiger partial charge in [0.1, 0.15) is 5.75 Å². The van der Waals surface area contributed by atoms with E-state index >= 15 is 0 Å². The SMILES string of the molecule is C[Si](C)([O-])O[Si](C)(C)O[Si](C)(C)Cc1cc2ccccc2c2c1C=CC(c1ccccc1)(c1ccccc1)O2. The van der Waals surface area contributed by atoms with Crippen LogP contribution in [0, 0.1) is 0 Å². The molecule has 1 aliphatic rings. The molecule has 0 aliphatic carbocycles. The number of fused-ring (bicyclic) bond motifs is 3. The standard InChI is InChI=1S/C32H37O4Si3/c1-37(2,35-39(5,6)36-38(3,4)33)24-26-23-25-15-13-14-20-29(25)31-30(26)21-22-32(34-31,27-16-9-7-10-17-27)28-18-11-8-12-19-28/h7-23H,24H2,1-6H3/q-1. The molecule has 0 bridgehead atoms. The normalized spacial score (nSPS) is 15.2. The van der Waals surface area contributed by atoms with Gasteiger partial charge in [0.05, 0.1) is 8.56 Å². The van der Waals surface area contributed by atoms with E-state index in [1.165, 1.54) is 5.56 Å². The van der Waals surface area contributed by atoms with Crippen molar-refractivity contribution in [3.8, 4) is 5.75 Å². The molecule has 0 unspecified atom stereocenters. The highest BCUT2D eigenvalue weighted by atomic mass is 28.5. The van der Waals surface area contributed by atoms with Crippen LogP contribution in [-0.2, 0) is 19.9 Å². The summed E-state index contributed by atoms with van der Waals surface area (Å²) in [5.41, 5.74) is 3.72. The fourth-order valence-corrected chi connectivity index (χ4v) is 17.9.